The molecule has 0 aliphatic carbocycles. The van der Waals surface area contributed by atoms with Crippen LogP contribution in [-0.2, 0) is 0 Å². The van der Waals surface area contributed by atoms with Crippen LogP contribution in [0.1, 0.15) is 40.0 Å². The Morgan fingerprint density at radius 2 is 2.15 bits per heavy atom. The minimum Gasteiger partial charge on any atom is -0.288 e. The van der Waals surface area contributed by atoms with Gasteiger partial charge in [0.25, 0.3) is 0 Å². The average Bonchev–Trinajstić information content (AvgIpc) is 2.34. The first-order chi connectivity index (χ1) is 6.03. The summed E-state index contributed by atoms with van der Waals surface area (Å²) >= 11 is 0. The van der Waals surface area contributed by atoms with Gasteiger partial charge in [-0.3, -0.25) is 4.90 Å². The van der Waals surface area contributed by atoms with Crippen LogP contribution in [0.15, 0.2) is 0 Å². The van der Waals surface area contributed by atoms with Gasteiger partial charge in [-0.1, -0.05) is 20.8 Å². The van der Waals surface area contributed by atoms with Crippen LogP contribution in [0.3, 0.4) is 0 Å². The van der Waals surface area contributed by atoms with Crippen molar-refractivity contribution in [3.05, 3.63) is 0 Å². The van der Waals surface area contributed by atoms with E-state index in [1.54, 1.807) is 0 Å². The molecule has 0 aromatic rings. The molecule has 1 heterocycles. The van der Waals surface area contributed by atoms with Crippen LogP contribution >= 0.6 is 0 Å². The van der Waals surface area contributed by atoms with Crippen molar-refractivity contribution in [3.8, 4) is 6.07 Å². The van der Waals surface area contributed by atoms with Gasteiger partial charge in [0, 0.05) is 6.04 Å². The van der Waals surface area contributed by atoms with Crippen LogP contribution in [0.4, 0.5) is 0 Å². The Balaban J connectivity index is 2.45. The SMILES string of the molecule is CC(C)(C)C[C@@H]1CCCN1CC#N. The highest BCUT2D eigenvalue weighted by atomic mass is 15.2. The van der Waals surface area contributed by atoms with Crippen molar-refractivity contribution in [2.45, 2.75) is 46.1 Å². The molecule has 0 amide bonds. The fraction of sp³-hybridized carbons (Fsp3) is 0.909. The zero-order chi connectivity index (χ0) is 9.90. The molecule has 0 spiro atoms. The number of rotatable bonds is 2. The number of hydrogen-bond acceptors (Lipinski definition) is 2. The molecule has 1 aliphatic rings. The molecule has 1 rings (SSSR count). The first-order valence-electron chi connectivity index (χ1n) is 5.14. The van der Waals surface area contributed by atoms with Crippen molar-refractivity contribution in [2.24, 2.45) is 5.41 Å². The first kappa shape index (κ1) is 10.5. The molecule has 13 heavy (non-hydrogen) atoms. The lowest BCUT2D eigenvalue weighted by Gasteiger charge is -2.28. The lowest BCUT2D eigenvalue weighted by atomic mass is 9.87. The second-order valence-electron chi connectivity index (χ2n) is 5.19. The van der Waals surface area contributed by atoms with Gasteiger partial charge in [0.15, 0.2) is 0 Å². The highest BCUT2D eigenvalue weighted by Crippen LogP contribution is 2.29. The van der Waals surface area contributed by atoms with E-state index in [-0.39, 0.29) is 0 Å². The summed E-state index contributed by atoms with van der Waals surface area (Å²) in [7, 11) is 0. The Hall–Kier alpha value is -0.550. The second-order valence-corrected chi connectivity index (χ2v) is 5.19. The molecular formula is C11H20N2. The van der Waals surface area contributed by atoms with Crippen LogP contribution in [0.2, 0.25) is 0 Å². The summed E-state index contributed by atoms with van der Waals surface area (Å²) in [5, 5.41) is 8.65. The summed E-state index contributed by atoms with van der Waals surface area (Å²) in [4.78, 5) is 2.32. The van der Waals surface area contributed by atoms with E-state index < -0.39 is 0 Å². The highest BCUT2D eigenvalue weighted by Gasteiger charge is 2.27. The normalized spacial score (nSPS) is 24.6. The maximum Gasteiger partial charge on any atom is 0.0868 e. The summed E-state index contributed by atoms with van der Waals surface area (Å²) in [6, 6.07) is 2.90. The molecule has 0 bridgehead atoms. The van der Waals surface area contributed by atoms with Gasteiger partial charge in [-0.15, -0.1) is 0 Å². The maximum absolute atomic E-state index is 8.65. The van der Waals surface area contributed by atoms with Crippen molar-refractivity contribution >= 4 is 0 Å². The molecule has 0 aromatic carbocycles. The van der Waals surface area contributed by atoms with Gasteiger partial charge in [0.05, 0.1) is 12.6 Å². The van der Waals surface area contributed by atoms with Gasteiger partial charge in [0.1, 0.15) is 0 Å². The fourth-order valence-electron chi connectivity index (χ4n) is 2.13. The Labute approximate surface area is 81.5 Å². The largest absolute Gasteiger partial charge is 0.288 e. The van der Waals surface area contributed by atoms with Crippen LogP contribution < -0.4 is 0 Å². The van der Waals surface area contributed by atoms with Crippen molar-refractivity contribution in [3.63, 3.8) is 0 Å². The summed E-state index contributed by atoms with van der Waals surface area (Å²) in [5.74, 6) is 0. The Kier molecular flexibility index (Phi) is 3.33. The quantitative estimate of drug-likeness (QED) is 0.610. The van der Waals surface area contributed by atoms with Crippen molar-refractivity contribution in [1.82, 2.24) is 4.90 Å². The standard InChI is InChI=1S/C11H20N2/c1-11(2,3)9-10-5-4-7-13(10)8-6-12/h10H,4-5,7-9H2,1-3H3/t10-/m0/s1. The third-order valence-electron chi connectivity index (χ3n) is 2.62. The minimum atomic E-state index is 0.392. The van der Waals surface area contributed by atoms with Gasteiger partial charge in [-0.05, 0) is 31.2 Å². The molecular weight excluding hydrogens is 160 g/mol. The lowest BCUT2D eigenvalue weighted by molar-refractivity contribution is 0.209. The molecule has 1 fully saturated rings. The minimum absolute atomic E-state index is 0.392. The Morgan fingerprint density at radius 3 is 2.69 bits per heavy atom. The van der Waals surface area contributed by atoms with Crippen LogP contribution in [0.25, 0.3) is 0 Å². The van der Waals surface area contributed by atoms with E-state index in [0.717, 1.165) is 6.54 Å². The molecule has 0 aromatic heterocycles. The summed E-state index contributed by atoms with van der Waals surface area (Å²) < 4.78 is 0. The van der Waals surface area contributed by atoms with Gasteiger partial charge < -0.3 is 0 Å². The number of nitrogens with zero attached hydrogens (tertiary/aromatic N) is 2. The molecule has 2 heteroatoms. The number of likely N-dealkylation sites (tertiary alicyclic amines) is 1. The monoisotopic (exact) mass is 180 g/mol. The molecule has 0 radical (unpaired) electrons. The van der Waals surface area contributed by atoms with Crippen molar-refractivity contribution < 1.29 is 0 Å². The lowest BCUT2D eigenvalue weighted by Crippen LogP contribution is -2.32. The summed E-state index contributed by atoms with van der Waals surface area (Å²) in [6.07, 6.45) is 3.76. The van der Waals surface area contributed by atoms with Crippen LogP contribution in [0, 0.1) is 16.7 Å². The smallest absolute Gasteiger partial charge is 0.0868 e. The van der Waals surface area contributed by atoms with Gasteiger partial charge in [0.2, 0.25) is 0 Å². The van der Waals surface area contributed by atoms with Gasteiger partial charge in [-0.2, -0.15) is 5.26 Å². The van der Waals surface area contributed by atoms with E-state index >= 15 is 0 Å². The van der Waals surface area contributed by atoms with Crippen LogP contribution in [0.5, 0.6) is 0 Å². The fourth-order valence-corrected chi connectivity index (χ4v) is 2.13. The van der Waals surface area contributed by atoms with E-state index in [1.165, 1.54) is 19.3 Å². The van der Waals surface area contributed by atoms with Gasteiger partial charge >= 0.3 is 0 Å². The third kappa shape index (κ3) is 3.36. The van der Waals surface area contributed by atoms with Crippen molar-refractivity contribution in [1.29, 1.82) is 5.26 Å². The van der Waals surface area contributed by atoms with E-state index in [1.807, 2.05) is 0 Å². The van der Waals surface area contributed by atoms with Gasteiger partial charge in [-0.25, -0.2) is 0 Å². The topological polar surface area (TPSA) is 27.0 Å². The molecule has 0 unspecified atom stereocenters. The Bertz CT molecular complexity index is 197. The maximum atomic E-state index is 8.65. The van der Waals surface area contributed by atoms with E-state index in [2.05, 4.69) is 31.7 Å². The molecule has 1 atom stereocenters. The predicted octanol–water partition coefficient (Wildman–Crippen LogP) is 2.41. The number of nitriles is 1. The highest BCUT2D eigenvalue weighted by molar-refractivity contribution is 4.88. The van der Waals surface area contributed by atoms with E-state index in [9.17, 15) is 0 Å². The summed E-state index contributed by atoms with van der Waals surface area (Å²) in [6.45, 7) is 8.55. The molecule has 1 aliphatic heterocycles. The molecule has 2 nitrogen and oxygen atoms in total. The number of hydrogen-bond donors (Lipinski definition) is 0. The predicted molar refractivity (Wildman–Crippen MR) is 54.3 cm³/mol. The second kappa shape index (κ2) is 4.11. The molecule has 0 saturated carbocycles. The molecule has 74 valence electrons. The first-order valence-corrected chi connectivity index (χ1v) is 5.14. The summed E-state index contributed by atoms with van der Waals surface area (Å²) in [5.41, 5.74) is 0.392. The van der Waals surface area contributed by atoms with E-state index in [0.29, 0.717) is 18.0 Å². The zero-order valence-corrected chi connectivity index (χ0v) is 9.01. The van der Waals surface area contributed by atoms with Crippen molar-refractivity contribution in [2.75, 3.05) is 13.1 Å². The van der Waals surface area contributed by atoms with E-state index in [4.69, 9.17) is 5.26 Å². The molecule has 1 saturated heterocycles. The Morgan fingerprint density at radius 1 is 1.46 bits per heavy atom. The van der Waals surface area contributed by atoms with Crippen LogP contribution in [-0.4, -0.2) is 24.0 Å². The average molecular weight is 180 g/mol. The zero-order valence-electron chi connectivity index (χ0n) is 9.01. The third-order valence-corrected chi connectivity index (χ3v) is 2.62. The molecule has 0 N–H and O–H groups in total.